The molecule has 3 nitrogen and oxygen atoms in total. The van der Waals surface area contributed by atoms with Crippen LogP contribution in [0, 0.1) is 0 Å². The van der Waals surface area contributed by atoms with E-state index in [2.05, 4.69) is 17.4 Å². The molecule has 0 spiro atoms. The summed E-state index contributed by atoms with van der Waals surface area (Å²) in [6, 6.07) is 8.29. The van der Waals surface area contributed by atoms with Crippen LogP contribution in [-0.4, -0.2) is 27.4 Å². The van der Waals surface area contributed by atoms with Gasteiger partial charge in [0.2, 0.25) is 0 Å². The molecule has 0 aromatic heterocycles. The fourth-order valence-electron chi connectivity index (χ4n) is 2.32. The molecular weight excluding hydrogens is 202 g/mol. The maximum Gasteiger partial charge on any atom is 0.119 e. The molecule has 3 heteroatoms. The van der Waals surface area contributed by atoms with Crippen LogP contribution in [0.15, 0.2) is 24.3 Å². The highest BCUT2D eigenvalue weighted by molar-refractivity contribution is 5.33. The van der Waals surface area contributed by atoms with Crippen LogP contribution in [0.2, 0.25) is 0 Å². The van der Waals surface area contributed by atoms with E-state index in [1.807, 2.05) is 19.2 Å². The first kappa shape index (κ1) is 11.4. The van der Waals surface area contributed by atoms with E-state index in [9.17, 15) is 0 Å². The van der Waals surface area contributed by atoms with E-state index in [-0.39, 0.29) is 5.54 Å². The fraction of sp³-hybridized carbons (Fsp3) is 0.538. The van der Waals surface area contributed by atoms with Crippen molar-refractivity contribution in [1.82, 2.24) is 5.32 Å². The van der Waals surface area contributed by atoms with Gasteiger partial charge in [0.25, 0.3) is 0 Å². The molecule has 1 heterocycles. The summed E-state index contributed by atoms with van der Waals surface area (Å²) < 4.78 is 10.7. The van der Waals surface area contributed by atoms with E-state index in [1.165, 1.54) is 5.56 Å². The van der Waals surface area contributed by atoms with Crippen molar-refractivity contribution in [1.29, 1.82) is 0 Å². The van der Waals surface area contributed by atoms with Gasteiger partial charge in [-0.05, 0) is 37.6 Å². The Morgan fingerprint density at radius 1 is 1.31 bits per heavy atom. The number of rotatable bonds is 3. The van der Waals surface area contributed by atoms with Crippen molar-refractivity contribution in [2.24, 2.45) is 0 Å². The Hall–Kier alpha value is -1.06. The summed E-state index contributed by atoms with van der Waals surface area (Å²) in [4.78, 5) is 0. The van der Waals surface area contributed by atoms with Crippen LogP contribution in [0.4, 0.5) is 0 Å². The first-order valence-electron chi connectivity index (χ1n) is 5.72. The molecule has 1 aliphatic rings. The van der Waals surface area contributed by atoms with Gasteiger partial charge in [-0.15, -0.1) is 0 Å². The summed E-state index contributed by atoms with van der Waals surface area (Å²) in [6.07, 6.45) is 2.02. The van der Waals surface area contributed by atoms with E-state index < -0.39 is 0 Å². The molecule has 1 fully saturated rings. The third-order valence-corrected chi connectivity index (χ3v) is 3.45. The molecule has 1 aromatic carbocycles. The summed E-state index contributed by atoms with van der Waals surface area (Å²) >= 11 is 0. The number of ether oxygens (including phenoxy) is 2. The largest absolute Gasteiger partial charge is 0.497 e. The second kappa shape index (κ2) is 4.85. The smallest absolute Gasteiger partial charge is 0.119 e. The molecule has 88 valence electrons. The van der Waals surface area contributed by atoms with Crippen LogP contribution >= 0.6 is 0 Å². The maximum atomic E-state index is 5.43. The first-order chi connectivity index (χ1) is 7.80. The zero-order chi connectivity index (χ0) is 11.4. The minimum absolute atomic E-state index is 0.0484. The molecule has 1 N–H and O–H groups in total. The predicted octanol–water partition coefficient (Wildman–Crippen LogP) is 1.92. The molecule has 1 saturated heterocycles. The highest BCUT2D eigenvalue weighted by Crippen LogP contribution is 2.33. The van der Waals surface area contributed by atoms with Crippen molar-refractivity contribution < 1.29 is 9.47 Å². The maximum absolute atomic E-state index is 5.43. The number of methoxy groups -OCH3 is 1. The zero-order valence-corrected chi connectivity index (χ0v) is 9.95. The lowest BCUT2D eigenvalue weighted by Gasteiger charge is -2.37. The second-order valence-corrected chi connectivity index (χ2v) is 4.18. The van der Waals surface area contributed by atoms with Gasteiger partial charge in [0.05, 0.1) is 7.11 Å². The van der Waals surface area contributed by atoms with Crippen LogP contribution in [0.5, 0.6) is 5.75 Å². The van der Waals surface area contributed by atoms with Crippen molar-refractivity contribution in [2.45, 2.75) is 18.4 Å². The molecule has 0 aliphatic carbocycles. The van der Waals surface area contributed by atoms with Gasteiger partial charge in [-0.1, -0.05) is 12.1 Å². The minimum Gasteiger partial charge on any atom is -0.497 e. The lowest BCUT2D eigenvalue weighted by Crippen LogP contribution is -2.44. The normalized spacial score (nSPS) is 19.4. The summed E-state index contributed by atoms with van der Waals surface area (Å²) in [5, 5.41) is 3.45. The Kier molecular flexibility index (Phi) is 3.46. The Labute approximate surface area is 96.8 Å². The van der Waals surface area contributed by atoms with Crippen molar-refractivity contribution in [2.75, 3.05) is 27.4 Å². The van der Waals surface area contributed by atoms with Crippen molar-refractivity contribution in [3.05, 3.63) is 29.8 Å². The third-order valence-electron chi connectivity index (χ3n) is 3.45. The first-order valence-corrected chi connectivity index (χ1v) is 5.72. The summed E-state index contributed by atoms with van der Waals surface area (Å²) in [7, 11) is 3.72. The van der Waals surface area contributed by atoms with E-state index in [0.717, 1.165) is 31.8 Å². The lowest BCUT2D eigenvalue weighted by molar-refractivity contribution is 0.0398. The Morgan fingerprint density at radius 3 is 2.69 bits per heavy atom. The summed E-state index contributed by atoms with van der Waals surface area (Å²) in [5.41, 5.74) is 1.34. The van der Waals surface area contributed by atoms with Gasteiger partial charge in [-0.3, -0.25) is 0 Å². The topological polar surface area (TPSA) is 30.5 Å². The van der Waals surface area contributed by atoms with E-state index >= 15 is 0 Å². The average Bonchev–Trinajstić information content (AvgIpc) is 2.39. The monoisotopic (exact) mass is 221 g/mol. The van der Waals surface area contributed by atoms with Gasteiger partial charge in [0, 0.05) is 18.8 Å². The average molecular weight is 221 g/mol. The number of hydrogen-bond acceptors (Lipinski definition) is 3. The standard InChI is InChI=1S/C13H19NO2/c1-14-13(6-8-16-9-7-13)11-4-3-5-12(10-11)15-2/h3-5,10,14H,6-9H2,1-2H3. The lowest BCUT2D eigenvalue weighted by atomic mass is 9.83. The molecule has 1 aromatic rings. The van der Waals surface area contributed by atoms with Gasteiger partial charge < -0.3 is 14.8 Å². The van der Waals surface area contributed by atoms with Gasteiger partial charge in [-0.25, -0.2) is 0 Å². The van der Waals surface area contributed by atoms with Crippen LogP contribution in [-0.2, 0) is 10.3 Å². The molecule has 0 saturated carbocycles. The Morgan fingerprint density at radius 2 is 2.06 bits per heavy atom. The summed E-state index contributed by atoms with van der Waals surface area (Å²) in [5.74, 6) is 0.915. The molecule has 16 heavy (non-hydrogen) atoms. The number of nitrogens with one attached hydrogen (secondary N) is 1. The van der Waals surface area contributed by atoms with Crippen LogP contribution in [0.1, 0.15) is 18.4 Å². The van der Waals surface area contributed by atoms with Crippen LogP contribution in [0.3, 0.4) is 0 Å². The zero-order valence-electron chi connectivity index (χ0n) is 9.95. The van der Waals surface area contributed by atoms with Crippen LogP contribution < -0.4 is 10.1 Å². The van der Waals surface area contributed by atoms with Gasteiger partial charge in [0.1, 0.15) is 5.75 Å². The number of hydrogen-bond donors (Lipinski definition) is 1. The molecule has 2 rings (SSSR count). The SMILES string of the molecule is CNC1(c2cccc(OC)c2)CCOCC1. The van der Waals surface area contributed by atoms with Crippen molar-refractivity contribution >= 4 is 0 Å². The van der Waals surface area contributed by atoms with Crippen molar-refractivity contribution in [3.8, 4) is 5.75 Å². The fourth-order valence-corrected chi connectivity index (χ4v) is 2.32. The van der Waals surface area contributed by atoms with Gasteiger partial charge in [0.15, 0.2) is 0 Å². The molecule has 0 radical (unpaired) electrons. The van der Waals surface area contributed by atoms with Crippen molar-refractivity contribution in [3.63, 3.8) is 0 Å². The molecule has 0 bridgehead atoms. The Balaban J connectivity index is 2.31. The van der Waals surface area contributed by atoms with Gasteiger partial charge >= 0.3 is 0 Å². The molecular formula is C13H19NO2. The second-order valence-electron chi connectivity index (χ2n) is 4.18. The number of benzene rings is 1. The molecule has 0 unspecified atom stereocenters. The highest BCUT2D eigenvalue weighted by Gasteiger charge is 2.32. The molecule has 1 aliphatic heterocycles. The summed E-state index contributed by atoms with van der Waals surface area (Å²) in [6.45, 7) is 1.64. The van der Waals surface area contributed by atoms with E-state index in [1.54, 1.807) is 7.11 Å². The van der Waals surface area contributed by atoms with E-state index in [0.29, 0.717) is 0 Å². The van der Waals surface area contributed by atoms with Crippen LogP contribution in [0.25, 0.3) is 0 Å². The minimum atomic E-state index is 0.0484. The highest BCUT2D eigenvalue weighted by atomic mass is 16.5. The van der Waals surface area contributed by atoms with Gasteiger partial charge in [-0.2, -0.15) is 0 Å². The Bertz CT molecular complexity index is 346. The predicted molar refractivity (Wildman–Crippen MR) is 63.8 cm³/mol. The molecule has 0 atom stereocenters. The quantitative estimate of drug-likeness (QED) is 0.846. The third kappa shape index (κ3) is 2.06. The van der Waals surface area contributed by atoms with E-state index in [4.69, 9.17) is 9.47 Å². The molecule has 0 amide bonds.